The van der Waals surface area contributed by atoms with Crippen molar-refractivity contribution in [2.75, 3.05) is 27.3 Å². The lowest BCUT2D eigenvalue weighted by Gasteiger charge is -2.43. The number of likely N-dealkylation sites (tertiary alicyclic amines) is 1. The molecule has 2 aliphatic heterocycles. The summed E-state index contributed by atoms with van der Waals surface area (Å²) in [5.74, 6) is -2.00. The predicted molar refractivity (Wildman–Crippen MR) is 128 cm³/mol. The number of rotatable bonds is 8. The smallest absolute Gasteiger partial charge is 0.292 e. The number of nitrogens with zero attached hydrogens (tertiary/aromatic N) is 2. The number of hydrogen-bond acceptors (Lipinski definition) is 6. The van der Waals surface area contributed by atoms with Crippen molar-refractivity contribution >= 4 is 11.8 Å². The SMILES string of the molecule is COC[C@H]1CCCN1Cc1ccc(C2(C(=O)NCc3ccc(F)cc3)NC=C(O)C(=O)N2C)cc1. The van der Waals surface area contributed by atoms with Gasteiger partial charge in [-0.1, -0.05) is 36.4 Å². The van der Waals surface area contributed by atoms with E-state index in [4.69, 9.17) is 4.74 Å². The van der Waals surface area contributed by atoms with E-state index in [0.717, 1.165) is 37.7 Å². The molecule has 0 bridgehead atoms. The minimum Gasteiger partial charge on any atom is -0.502 e. The fourth-order valence-corrected chi connectivity index (χ4v) is 4.76. The van der Waals surface area contributed by atoms with Crippen LogP contribution in [0.1, 0.15) is 29.5 Å². The van der Waals surface area contributed by atoms with E-state index in [2.05, 4.69) is 15.5 Å². The number of carbonyl (C=O) groups is 2. The molecule has 2 atom stereocenters. The number of ether oxygens (including phenoxy) is 1. The average Bonchev–Trinajstić information content (AvgIpc) is 3.30. The summed E-state index contributed by atoms with van der Waals surface area (Å²) in [6.07, 6.45) is 3.39. The third kappa shape index (κ3) is 5.01. The molecule has 2 amide bonds. The van der Waals surface area contributed by atoms with Gasteiger partial charge in [0, 0.05) is 45.1 Å². The monoisotopic (exact) mass is 482 g/mol. The van der Waals surface area contributed by atoms with Gasteiger partial charge in [-0.05, 0) is 42.6 Å². The predicted octanol–water partition coefficient (Wildman–Crippen LogP) is 2.37. The summed E-state index contributed by atoms with van der Waals surface area (Å²) in [5.41, 5.74) is 0.785. The van der Waals surface area contributed by atoms with Crippen molar-refractivity contribution in [1.82, 2.24) is 20.4 Å². The average molecular weight is 483 g/mol. The molecule has 1 fully saturated rings. The van der Waals surface area contributed by atoms with Crippen molar-refractivity contribution in [3.8, 4) is 0 Å². The van der Waals surface area contributed by atoms with Gasteiger partial charge in [0.25, 0.3) is 11.8 Å². The molecule has 9 heteroatoms. The van der Waals surface area contributed by atoms with Crippen LogP contribution < -0.4 is 10.6 Å². The molecule has 2 aliphatic rings. The first kappa shape index (κ1) is 24.7. The quantitative estimate of drug-likeness (QED) is 0.535. The lowest BCUT2D eigenvalue weighted by Crippen LogP contribution is -2.65. The van der Waals surface area contributed by atoms with Crippen molar-refractivity contribution in [2.45, 2.75) is 37.6 Å². The van der Waals surface area contributed by atoms with Crippen molar-refractivity contribution in [3.63, 3.8) is 0 Å². The molecule has 2 aromatic carbocycles. The molecule has 2 heterocycles. The second kappa shape index (κ2) is 10.5. The topological polar surface area (TPSA) is 94.1 Å². The van der Waals surface area contributed by atoms with Crippen LogP contribution in [0, 0.1) is 5.82 Å². The van der Waals surface area contributed by atoms with Crippen LogP contribution in [-0.2, 0) is 33.1 Å². The van der Waals surface area contributed by atoms with Gasteiger partial charge in [0.05, 0.1) is 6.61 Å². The highest BCUT2D eigenvalue weighted by Gasteiger charge is 2.49. The molecule has 8 nitrogen and oxygen atoms in total. The molecular weight excluding hydrogens is 451 g/mol. The van der Waals surface area contributed by atoms with E-state index in [-0.39, 0.29) is 12.4 Å². The van der Waals surface area contributed by atoms with Crippen LogP contribution in [0.25, 0.3) is 0 Å². The van der Waals surface area contributed by atoms with Crippen LogP contribution >= 0.6 is 0 Å². The molecule has 4 rings (SSSR count). The molecule has 0 aromatic heterocycles. The van der Waals surface area contributed by atoms with Crippen LogP contribution in [0.5, 0.6) is 0 Å². The Kier molecular flexibility index (Phi) is 7.37. The molecule has 2 aromatic rings. The summed E-state index contributed by atoms with van der Waals surface area (Å²) >= 11 is 0. The van der Waals surface area contributed by atoms with Gasteiger partial charge in [0.1, 0.15) is 5.82 Å². The highest BCUT2D eigenvalue weighted by molar-refractivity contribution is 5.99. The Bertz CT molecular complexity index is 1090. The van der Waals surface area contributed by atoms with Crippen LogP contribution in [0.15, 0.2) is 60.5 Å². The van der Waals surface area contributed by atoms with Crippen LogP contribution in [0.2, 0.25) is 0 Å². The van der Waals surface area contributed by atoms with E-state index in [0.29, 0.717) is 23.8 Å². The van der Waals surface area contributed by atoms with E-state index in [1.165, 1.54) is 24.1 Å². The van der Waals surface area contributed by atoms with Crippen LogP contribution in [-0.4, -0.2) is 60.1 Å². The van der Waals surface area contributed by atoms with Gasteiger partial charge in [-0.15, -0.1) is 0 Å². The molecular formula is C26H31FN4O4. The number of hydrogen-bond donors (Lipinski definition) is 3. The van der Waals surface area contributed by atoms with Crippen LogP contribution in [0.4, 0.5) is 4.39 Å². The van der Waals surface area contributed by atoms with E-state index in [1.54, 1.807) is 19.2 Å². The highest BCUT2D eigenvalue weighted by Crippen LogP contribution is 2.30. The minimum atomic E-state index is -1.56. The third-order valence-electron chi connectivity index (χ3n) is 6.76. The molecule has 3 N–H and O–H groups in total. The van der Waals surface area contributed by atoms with Crippen molar-refractivity contribution in [1.29, 1.82) is 0 Å². The molecule has 1 unspecified atom stereocenters. The summed E-state index contributed by atoms with van der Waals surface area (Å²) < 4.78 is 18.6. The number of carbonyl (C=O) groups excluding carboxylic acids is 2. The second-order valence-electron chi connectivity index (χ2n) is 8.98. The Hall–Kier alpha value is -3.43. The number of benzene rings is 2. The Morgan fingerprint density at radius 3 is 2.57 bits per heavy atom. The molecule has 35 heavy (non-hydrogen) atoms. The molecule has 0 aliphatic carbocycles. The lowest BCUT2D eigenvalue weighted by atomic mass is 9.93. The maximum Gasteiger partial charge on any atom is 0.292 e. The molecule has 0 saturated carbocycles. The van der Waals surface area contributed by atoms with Gasteiger partial charge in [0.2, 0.25) is 5.66 Å². The zero-order chi connectivity index (χ0) is 25.0. The fraction of sp³-hybridized carbons (Fsp3) is 0.385. The van der Waals surface area contributed by atoms with Gasteiger partial charge < -0.3 is 25.4 Å². The summed E-state index contributed by atoms with van der Waals surface area (Å²) in [5, 5.41) is 15.7. The summed E-state index contributed by atoms with van der Waals surface area (Å²) in [7, 11) is 3.18. The van der Waals surface area contributed by atoms with Gasteiger partial charge in [-0.2, -0.15) is 0 Å². The van der Waals surface area contributed by atoms with Gasteiger partial charge >= 0.3 is 0 Å². The Balaban J connectivity index is 1.57. The Morgan fingerprint density at radius 1 is 1.20 bits per heavy atom. The number of likely N-dealkylation sites (N-methyl/N-ethyl adjacent to an activating group) is 1. The van der Waals surface area contributed by atoms with Crippen molar-refractivity contribution in [2.24, 2.45) is 0 Å². The normalized spacial score (nSPS) is 22.6. The number of aliphatic hydroxyl groups excluding tert-OH is 1. The van der Waals surface area contributed by atoms with Gasteiger partial charge in [0.15, 0.2) is 5.76 Å². The standard InChI is InChI=1S/C26H31FN4O4/c1-30-24(33)23(32)15-29-26(30,25(34)28-14-18-7-11-21(27)12-8-18)20-9-5-19(6-10-20)16-31-13-3-4-22(31)17-35-2/h5-12,15,22,29,32H,3-4,13-14,16-17H2,1-2H3,(H,28,34)/t22-,26?/m1/s1. The zero-order valence-corrected chi connectivity index (χ0v) is 20.0. The highest BCUT2D eigenvalue weighted by atomic mass is 19.1. The largest absolute Gasteiger partial charge is 0.502 e. The fourth-order valence-electron chi connectivity index (χ4n) is 4.76. The summed E-state index contributed by atoms with van der Waals surface area (Å²) in [6, 6.07) is 13.7. The number of methoxy groups -OCH3 is 1. The minimum absolute atomic E-state index is 0.147. The zero-order valence-electron chi connectivity index (χ0n) is 20.0. The molecule has 0 radical (unpaired) electrons. The van der Waals surface area contributed by atoms with Gasteiger partial charge in [-0.25, -0.2) is 4.39 Å². The van der Waals surface area contributed by atoms with E-state index in [1.807, 2.05) is 24.3 Å². The number of amides is 2. The van der Waals surface area contributed by atoms with E-state index in [9.17, 15) is 19.1 Å². The van der Waals surface area contributed by atoms with Crippen molar-refractivity contribution in [3.05, 3.63) is 83.0 Å². The maximum atomic E-state index is 13.5. The lowest BCUT2D eigenvalue weighted by molar-refractivity contribution is -0.149. The third-order valence-corrected chi connectivity index (χ3v) is 6.76. The number of aliphatic hydroxyl groups is 1. The first-order chi connectivity index (χ1) is 16.8. The molecule has 1 saturated heterocycles. The Labute approximate surface area is 204 Å². The van der Waals surface area contributed by atoms with Gasteiger partial charge in [-0.3, -0.25) is 14.5 Å². The van der Waals surface area contributed by atoms with Crippen molar-refractivity contribution < 1.29 is 23.8 Å². The van der Waals surface area contributed by atoms with E-state index >= 15 is 0 Å². The first-order valence-electron chi connectivity index (χ1n) is 11.7. The number of halogens is 1. The Morgan fingerprint density at radius 2 is 1.89 bits per heavy atom. The summed E-state index contributed by atoms with van der Waals surface area (Å²) in [6.45, 7) is 2.62. The number of nitrogens with one attached hydrogen (secondary N) is 2. The maximum absolute atomic E-state index is 13.5. The molecule has 0 spiro atoms. The summed E-state index contributed by atoms with van der Waals surface area (Å²) in [4.78, 5) is 29.8. The van der Waals surface area contributed by atoms with E-state index < -0.39 is 23.2 Å². The second-order valence-corrected chi connectivity index (χ2v) is 8.98. The molecule has 186 valence electrons. The first-order valence-corrected chi connectivity index (χ1v) is 11.7. The van der Waals surface area contributed by atoms with Crippen LogP contribution in [0.3, 0.4) is 0 Å².